The highest BCUT2D eigenvalue weighted by Crippen LogP contribution is 2.17. The number of urea groups is 1. The van der Waals surface area contributed by atoms with Gasteiger partial charge in [0.2, 0.25) is 0 Å². The molecule has 2 atom stereocenters. The van der Waals surface area contributed by atoms with Crippen LogP contribution >= 0.6 is 0 Å². The van der Waals surface area contributed by atoms with Crippen molar-refractivity contribution in [2.24, 2.45) is 0 Å². The Bertz CT molecular complexity index is 747. The average molecular weight is 353 g/mol. The van der Waals surface area contributed by atoms with Gasteiger partial charge in [-0.2, -0.15) is 0 Å². The van der Waals surface area contributed by atoms with Crippen LogP contribution in [0.1, 0.15) is 18.2 Å². The first kappa shape index (κ1) is 18.1. The second-order valence-electron chi connectivity index (χ2n) is 6.10. The molecule has 1 aliphatic rings. The number of nitrogens with one attached hydrogen (secondary N) is 1. The third kappa shape index (κ3) is 4.47. The summed E-state index contributed by atoms with van der Waals surface area (Å²) < 4.78 is 5.25. The smallest absolute Gasteiger partial charge is 0.322 e. The minimum absolute atomic E-state index is 0.237. The number of hydrogen-bond acceptors (Lipinski definition) is 4. The van der Waals surface area contributed by atoms with Gasteiger partial charge in [0, 0.05) is 18.4 Å². The van der Waals surface area contributed by atoms with Gasteiger partial charge >= 0.3 is 6.03 Å². The van der Waals surface area contributed by atoms with E-state index in [-0.39, 0.29) is 18.7 Å². The van der Waals surface area contributed by atoms with E-state index in [0.29, 0.717) is 18.8 Å². The van der Waals surface area contributed by atoms with Crippen molar-refractivity contribution in [1.82, 2.24) is 9.88 Å². The molecule has 0 radical (unpaired) electrons. The van der Waals surface area contributed by atoms with Gasteiger partial charge in [-0.25, -0.2) is 4.79 Å². The number of hydrogen-bond donors (Lipinski definition) is 2. The molecule has 0 bridgehead atoms. The predicted octanol–water partition coefficient (Wildman–Crippen LogP) is 2.87. The highest BCUT2D eigenvalue weighted by atomic mass is 16.5. The van der Waals surface area contributed by atoms with Crippen LogP contribution in [0.5, 0.6) is 0 Å². The third-order valence-corrected chi connectivity index (χ3v) is 4.32. The van der Waals surface area contributed by atoms with Crippen molar-refractivity contribution in [2.75, 3.05) is 25.1 Å². The minimum atomic E-state index is -0.639. The Balaban J connectivity index is 1.61. The molecular formula is C20H23N3O3. The fourth-order valence-electron chi connectivity index (χ4n) is 2.89. The van der Waals surface area contributed by atoms with Crippen molar-refractivity contribution >= 4 is 23.9 Å². The topological polar surface area (TPSA) is 74.7 Å². The second-order valence-corrected chi connectivity index (χ2v) is 6.10. The van der Waals surface area contributed by atoms with E-state index in [1.807, 2.05) is 61.5 Å². The number of benzene rings is 1. The summed E-state index contributed by atoms with van der Waals surface area (Å²) in [4.78, 5) is 18.3. The molecular weight excluding hydrogens is 330 g/mol. The van der Waals surface area contributed by atoms with Gasteiger partial charge in [-0.05, 0) is 42.8 Å². The van der Waals surface area contributed by atoms with Crippen molar-refractivity contribution in [1.29, 1.82) is 0 Å². The lowest BCUT2D eigenvalue weighted by atomic mass is 10.1. The normalized spacial score (nSPS) is 19.6. The number of aliphatic hydroxyl groups excluding tert-OH is 1. The lowest BCUT2D eigenvalue weighted by Crippen LogP contribution is -2.48. The van der Waals surface area contributed by atoms with E-state index < -0.39 is 6.10 Å². The van der Waals surface area contributed by atoms with E-state index in [4.69, 9.17) is 4.74 Å². The molecule has 0 unspecified atom stereocenters. The molecule has 1 aromatic carbocycles. The number of amides is 2. The molecule has 0 spiro atoms. The fourth-order valence-corrected chi connectivity index (χ4v) is 2.89. The van der Waals surface area contributed by atoms with Gasteiger partial charge in [0.15, 0.2) is 0 Å². The van der Waals surface area contributed by atoms with E-state index in [9.17, 15) is 9.90 Å². The largest absolute Gasteiger partial charge is 0.388 e. The van der Waals surface area contributed by atoms with E-state index >= 15 is 0 Å². The molecule has 2 heterocycles. The number of aromatic nitrogens is 1. The number of likely N-dealkylation sites (N-methyl/N-ethyl adjacent to an activating group) is 1. The Labute approximate surface area is 153 Å². The average Bonchev–Trinajstić information content (AvgIpc) is 3.08. The summed E-state index contributed by atoms with van der Waals surface area (Å²) in [5.41, 5.74) is 2.61. The van der Waals surface area contributed by atoms with Crippen molar-refractivity contribution in [2.45, 2.75) is 19.1 Å². The van der Waals surface area contributed by atoms with Crippen molar-refractivity contribution in [3.05, 3.63) is 59.9 Å². The summed E-state index contributed by atoms with van der Waals surface area (Å²) in [6.45, 7) is 3.02. The van der Waals surface area contributed by atoms with Crippen molar-refractivity contribution in [3.8, 4) is 0 Å². The summed E-state index contributed by atoms with van der Waals surface area (Å²) in [5, 5.41) is 12.8. The van der Waals surface area contributed by atoms with Crippen LogP contribution in [-0.4, -0.2) is 52.9 Å². The second kappa shape index (κ2) is 8.60. The molecule has 6 nitrogen and oxygen atoms in total. The fraction of sp³-hybridized carbons (Fsp3) is 0.300. The minimum Gasteiger partial charge on any atom is -0.388 e. The monoisotopic (exact) mass is 353 g/mol. The number of rotatable bonds is 5. The van der Waals surface area contributed by atoms with Crippen LogP contribution in [0, 0.1) is 0 Å². The van der Waals surface area contributed by atoms with E-state index in [1.54, 1.807) is 11.1 Å². The highest BCUT2D eigenvalue weighted by Gasteiger charge is 2.33. The van der Waals surface area contributed by atoms with Crippen LogP contribution in [0.25, 0.3) is 12.2 Å². The van der Waals surface area contributed by atoms with Crippen LogP contribution < -0.4 is 5.32 Å². The molecule has 3 rings (SSSR count). The summed E-state index contributed by atoms with van der Waals surface area (Å²) >= 11 is 0. The summed E-state index contributed by atoms with van der Waals surface area (Å²) in [6.07, 6.45) is 5.02. The predicted molar refractivity (Wildman–Crippen MR) is 102 cm³/mol. The van der Waals surface area contributed by atoms with E-state index in [2.05, 4.69) is 10.3 Å². The van der Waals surface area contributed by atoms with Gasteiger partial charge in [0.05, 0.1) is 31.1 Å². The summed E-state index contributed by atoms with van der Waals surface area (Å²) in [5.74, 6) is 0. The standard InChI is InChI=1S/C20H23N3O3/c1-2-23(18-13-26-14-19(18)24)20(25)22-17-10-7-15(8-11-17)6-9-16-5-3-4-12-21-16/h3-12,18-19,24H,2,13-14H2,1H3,(H,22,25)/t18-,19-/m0/s1. The van der Waals surface area contributed by atoms with Gasteiger partial charge < -0.3 is 20.1 Å². The summed E-state index contributed by atoms with van der Waals surface area (Å²) in [7, 11) is 0. The zero-order chi connectivity index (χ0) is 18.4. The molecule has 26 heavy (non-hydrogen) atoms. The molecule has 2 aromatic rings. The van der Waals surface area contributed by atoms with Crippen LogP contribution in [0.3, 0.4) is 0 Å². The first-order chi connectivity index (χ1) is 12.7. The molecule has 6 heteroatoms. The first-order valence-corrected chi connectivity index (χ1v) is 8.70. The Hall–Kier alpha value is -2.70. The molecule has 1 aliphatic heterocycles. The van der Waals surface area contributed by atoms with Crippen LogP contribution in [0.4, 0.5) is 10.5 Å². The third-order valence-electron chi connectivity index (χ3n) is 4.32. The summed E-state index contributed by atoms with van der Waals surface area (Å²) in [6, 6.07) is 12.8. The molecule has 0 aliphatic carbocycles. The maximum Gasteiger partial charge on any atom is 0.322 e. The quantitative estimate of drug-likeness (QED) is 0.867. The molecule has 0 saturated carbocycles. The van der Waals surface area contributed by atoms with Crippen LogP contribution in [-0.2, 0) is 4.74 Å². The van der Waals surface area contributed by atoms with E-state index in [0.717, 1.165) is 11.3 Å². The molecule has 2 amide bonds. The number of carbonyl (C=O) groups excluding carboxylic acids is 1. The van der Waals surface area contributed by atoms with Crippen molar-refractivity contribution in [3.63, 3.8) is 0 Å². The van der Waals surface area contributed by atoms with Gasteiger partial charge in [0.1, 0.15) is 0 Å². The molecule has 1 saturated heterocycles. The van der Waals surface area contributed by atoms with Gasteiger partial charge in [-0.3, -0.25) is 4.98 Å². The zero-order valence-electron chi connectivity index (χ0n) is 14.7. The number of aliphatic hydroxyl groups is 1. The molecule has 2 N–H and O–H groups in total. The number of pyridine rings is 1. The van der Waals surface area contributed by atoms with Gasteiger partial charge in [-0.1, -0.05) is 24.3 Å². The molecule has 1 aromatic heterocycles. The SMILES string of the molecule is CCN(C(=O)Nc1ccc(C=Cc2ccccn2)cc1)[C@H]1COC[C@@H]1O. The maximum absolute atomic E-state index is 12.5. The molecule has 1 fully saturated rings. The first-order valence-electron chi connectivity index (χ1n) is 8.70. The lowest BCUT2D eigenvalue weighted by Gasteiger charge is -2.28. The maximum atomic E-state index is 12.5. The lowest BCUT2D eigenvalue weighted by molar-refractivity contribution is 0.1000. The number of nitrogens with zero attached hydrogens (tertiary/aromatic N) is 2. The van der Waals surface area contributed by atoms with E-state index in [1.165, 1.54) is 0 Å². The Kier molecular flexibility index (Phi) is 5.99. The Morgan fingerprint density at radius 2 is 2.08 bits per heavy atom. The zero-order valence-corrected chi connectivity index (χ0v) is 14.7. The van der Waals surface area contributed by atoms with Gasteiger partial charge in [0.25, 0.3) is 0 Å². The van der Waals surface area contributed by atoms with Crippen molar-refractivity contribution < 1.29 is 14.6 Å². The highest BCUT2D eigenvalue weighted by molar-refractivity contribution is 5.89. The van der Waals surface area contributed by atoms with Crippen LogP contribution in [0.2, 0.25) is 0 Å². The Morgan fingerprint density at radius 1 is 1.27 bits per heavy atom. The van der Waals surface area contributed by atoms with Crippen LogP contribution in [0.15, 0.2) is 48.7 Å². The van der Waals surface area contributed by atoms with Gasteiger partial charge in [-0.15, -0.1) is 0 Å². The number of ether oxygens (including phenoxy) is 1. The molecule has 136 valence electrons. The Morgan fingerprint density at radius 3 is 2.69 bits per heavy atom. The number of anilines is 1. The number of carbonyl (C=O) groups is 1.